The average molecular weight is 390 g/mol. The quantitative estimate of drug-likeness (QED) is 0.152. The summed E-state index contributed by atoms with van der Waals surface area (Å²) >= 11 is 0. The molecule has 0 aromatic heterocycles. The van der Waals surface area contributed by atoms with Crippen molar-refractivity contribution in [1.29, 1.82) is 0 Å². The van der Waals surface area contributed by atoms with Gasteiger partial charge < -0.3 is 39.7 Å². The third-order valence-electron chi connectivity index (χ3n) is 1.71. The zero-order valence-corrected chi connectivity index (χ0v) is 13.0. The Hall–Kier alpha value is -0.0400. The first-order valence-electron chi connectivity index (χ1n) is 4.97. The van der Waals surface area contributed by atoms with Crippen molar-refractivity contribution in [3.63, 3.8) is 0 Å². The van der Waals surface area contributed by atoms with Gasteiger partial charge in [-0.1, -0.05) is 0 Å². The van der Waals surface area contributed by atoms with Crippen molar-refractivity contribution in [2.45, 2.75) is 18.3 Å². The fourth-order valence-corrected chi connectivity index (χ4v) is 3.92. The largest absolute Gasteiger partial charge is 0.490 e. The topological polar surface area (TPSA) is 238 Å². The fraction of sp³-hybridized carbons (Fsp3) is 0.800. The highest BCUT2D eigenvalue weighted by molar-refractivity contribution is 7.66. The number of aliphatic hydroxyl groups excluding tert-OH is 3. The van der Waals surface area contributed by atoms with Gasteiger partial charge in [-0.15, -0.1) is 0 Å². The number of rotatable bonds is 10. The molecule has 0 aliphatic heterocycles. The lowest BCUT2D eigenvalue weighted by Crippen LogP contribution is -2.40. The maximum atomic E-state index is 11.2. The van der Waals surface area contributed by atoms with Crippen LogP contribution < -0.4 is 0 Å². The molecule has 0 saturated heterocycles. The summed E-state index contributed by atoms with van der Waals surface area (Å²) in [7, 11) is -16.7. The van der Waals surface area contributed by atoms with E-state index in [2.05, 4.69) is 13.1 Å². The minimum absolute atomic E-state index is 0.154. The number of hydrogen-bond acceptors (Lipinski definition) is 10. The predicted molar refractivity (Wildman–Crippen MR) is 63.9 cm³/mol. The van der Waals surface area contributed by atoms with Crippen molar-refractivity contribution < 1.29 is 66.5 Å². The summed E-state index contributed by atoms with van der Waals surface area (Å²) in [6.07, 6.45) is -6.38. The van der Waals surface area contributed by atoms with Crippen LogP contribution in [0.3, 0.4) is 0 Å². The number of hydrogen-bond donors (Lipinski definition) is 7. The van der Waals surface area contributed by atoms with Crippen molar-refractivity contribution in [3.8, 4) is 0 Å². The molecule has 2 unspecified atom stereocenters. The molecule has 0 saturated carbocycles. The maximum Gasteiger partial charge on any atom is 0.490 e. The molecule has 0 amide bonds. The summed E-state index contributed by atoms with van der Waals surface area (Å²) in [5, 5.41) is 27.2. The second-order valence-electron chi connectivity index (χ2n) is 3.57. The van der Waals surface area contributed by atoms with Gasteiger partial charge in [0.05, 0.1) is 6.61 Å². The summed E-state index contributed by atoms with van der Waals surface area (Å²) in [6.45, 7) is -1.25. The third kappa shape index (κ3) is 9.18. The van der Waals surface area contributed by atoms with Crippen molar-refractivity contribution in [1.82, 2.24) is 0 Å². The Balaban J connectivity index is 4.65. The van der Waals surface area contributed by atoms with Crippen LogP contribution in [0, 0.1) is 0 Å². The summed E-state index contributed by atoms with van der Waals surface area (Å²) in [5.74, 6) is 0. The monoisotopic (exact) mass is 390 g/mol. The Bertz CT molecular complexity index is 511. The summed E-state index contributed by atoms with van der Waals surface area (Å²) < 4.78 is 43.1. The Morgan fingerprint density at radius 2 is 1.41 bits per heavy atom. The highest BCUT2D eigenvalue weighted by Gasteiger charge is 2.41. The Morgan fingerprint density at radius 1 is 0.909 bits per heavy atom. The number of carbonyl (C=O) groups excluding carboxylic acids is 1. The zero-order chi connectivity index (χ0) is 17.8. The second kappa shape index (κ2) is 8.18. The van der Waals surface area contributed by atoms with Crippen LogP contribution in [0.1, 0.15) is 0 Å². The first kappa shape index (κ1) is 22.0. The van der Waals surface area contributed by atoms with Gasteiger partial charge in [0.15, 0.2) is 6.29 Å². The Kier molecular flexibility index (Phi) is 8.16. The molecule has 0 bridgehead atoms. The van der Waals surface area contributed by atoms with Gasteiger partial charge in [0.1, 0.15) is 18.3 Å². The molecular weight excluding hydrogens is 377 g/mol. The van der Waals surface area contributed by atoms with E-state index in [-0.39, 0.29) is 6.29 Å². The first-order valence-corrected chi connectivity index (χ1v) is 9.49. The van der Waals surface area contributed by atoms with Gasteiger partial charge in [0.2, 0.25) is 0 Å². The van der Waals surface area contributed by atoms with Crippen LogP contribution in [0.2, 0.25) is 0 Å². The van der Waals surface area contributed by atoms with Crippen LogP contribution in [-0.2, 0) is 31.6 Å². The van der Waals surface area contributed by atoms with E-state index in [1.165, 1.54) is 0 Å². The zero-order valence-electron chi connectivity index (χ0n) is 10.3. The molecular formula is C5H13O14P3. The molecule has 0 fully saturated rings. The van der Waals surface area contributed by atoms with Gasteiger partial charge in [0, 0.05) is 0 Å². The van der Waals surface area contributed by atoms with Gasteiger partial charge in [0.25, 0.3) is 0 Å². The molecule has 0 spiro atoms. The van der Waals surface area contributed by atoms with Crippen molar-refractivity contribution in [2.75, 3.05) is 6.61 Å². The van der Waals surface area contributed by atoms with Gasteiger partial charge >= 0.3 is 23.5 Å². The lowest BCUT2D eigenvalue weighted by atomic mass is 10.1. The van der Waals surface area contributed by atoms with E-state index in [0.717, 1.165) is 0 Å². The van der Waals surface area contributed by atoms with E-state index in [1.54, 1.807) is 0 Å². The summed E-state index contributed by atoms with van der Waals surface area (Å²) in [5.41, 5.74) is 0. The lowest BCUT2D eigenvalue weighted by Gasteiger charge is -2.21. The molecule has 5 atom stereocenters. The lowest BCUT2D eigenvalue weighted by molar-refractivity contribution is -0.127. The SMILES string of the molecule is O=C[C@@H](O)[C@H](O)[C@H](O)COP(=O)(O)OP(=O)(O)OP(=O)(O)O. The molecule has 22 heavy (non-hydrogen) atoms. The molecule has 0 rings (SSSR count). The van der Waals surface area contributed by atoms with Crippen LogP contribution in [0.5, 0.6) is 0 Å². The molecule has 0 heterocycles. The van der Waals surface area contributed by atoms with Gasteiger partial charge in [-0.3, -0.25) is 4.52 Å². The van der Waals surface area contributed by atoms with Gasteiger partial charge in [-0.05, 0) is 0 Å². The average Bonchev–Trinajstić information content (AvgIpc) is 2.29. The number of phosphoric acid groups is 3. The molecule has 132 valence electrons. The Morgan fingerprint density at radius 3 is 1.82 bits per heavy atom. The molecule has 7 N–H and O–H groups in total. The van der Waals surface area contributed by atoms with E-state index in [4.69, 9.17) is 29.8 Å². The molecule has 17 heteroatoms. The standard InChI is InChI=1S/C5H13O14P3/c6-1-3(7)5(9)4(8)2-17-21(13,14)19-22(15,16)18-20(10,11)12/h1,3-5,7-9H,2H2,(H,13,14)(H,15,16)(H2,10,11,12)/t3-,4-,5+/m1/s1. The van der Waals surface area contributed by atoms with E-state index < -0.39 is 48.4 Å². The third-order valence-corrected chi connectivity index (χ3v) is 5.51. The molecule has 0 aromatic rings. The van der Waals surface area contributed by atoms with E-state index in [1.807, 2.05) is 0 Å². The smallest absolute Gasteiger partial charge is 0.388 e. The highest BCUT2D eigenvalue weighted by Crippen LogP contribution is 2.66. The first-order chi connectivity index (χ1) is 9.69. The molecule has 0 aliphatic carbocycles. The molecule has 0 aromatic carbocycles. The number of aldehydes is 1. The van der Waals surface area contributed by atoms with Crippen LogP contribution in [0.4, 0.5) is 0 Å². The van der Waals surface area contributed by atoms with Gasteiger partial charge in [-0.25, -0.2) is 13.7 Å². The van der Waals surface area contributed by atoms with E-state index in [0.29, 0.717) is 0 Å². The molecule has 14 nitrogen and oxygen atoms in total. The van der Waals surface area contributed by atoms with Gasteiger partial charge in [-0.2, -0.15) is 8.62 Å². The summed E-state index contributed by atoms with van der Waals surface area (Å²) in [6, 6.07) is 0. The molecule has 0 radical (unpaired) electrons. The van der Waals surface area contributed by atoms with Crippen LogP contribution in [-0.4, -0.2) is 66.1 Å². The van der Waals surface area contributed by atoms with Crippen molar-refractivity contribution >= 4 is 29.8 Å². The number of aliphatic hydroxyl groups is 3. The highest BCUT2D eigenvalue weighted by atomic mass is 31.3. The van der Waals surface area contributed by atoms with E-state index >= 15 is 0 Å². The summed E-state index contributed by atoms with van der Waals surface area (Å²) in [4.78, 5) is 44.4. The maximum absolute atomic E-state index is 11.2. The predicted octanol–water partition coefficient (Wildman–Crippen LogP) is -2.39. The minimum atomic E-state index is -5.70. The number of carbonyl (C=O) groups is 1. The molecule has 0 aliphatic rings. The van der Waals surface area contributed by atoms with Crippen molar-refractivity contribution in [3.05, 3.63) is 0 Å². The normalized spacial score (nSPS) is 22.1. The Labute approximate surface area is 122 Å². The second-order valence-corrected chi connectivity index (χ2v) is 7.99. The fourth-order valence-electron chi connectivity index (χ4n) is 0.881. The number of phosphoric ester groups is 1. The minimum Gasteiger partial charge on any atom is -0.388 e. The van der Waals surface area contributed by atoms with Crippen molar-refractivity contribution in [2.24, 2.45) is 0 Å². The van der Waals surface area contributed by atoms with Crippen LogP contribution in [0.15, 0.2) is 0 Å². The van der Waals surface area contributed by atoms with Crippen LogP contribution >= 0.6 is 23.5 Å². The van der Waals surface area contributed by atoms with E-state index in [9.17, 15) is 23.6 Å². The van der Waals surface area contributed by atoms with Crippen LogP contribution in [0.25, 0.3) is 0 Å².